The molecule has 3 N–H and O–H groups in total. The van der Waals surface area contributed by atoms with Gasteiger partial charge < -0.3 is 20.9 Å². The summed E-state index contributed by atoms with van der Waals surface area (Å²) in [7, 11) is 0. The SMILES string of the molecule is O=C1CC(C(=O)N2CCC(NC(=O)NC3CCCCC3)CC2)CN1. The van der Waals surface area contributed by atoms with Crippen LogP contribution < -0.4 is 16.0 Å². The number of piperidine rings is 1. The molecule has 4 amide bonds. The van der Waals surface area contributed by atoms with Gasteiger partial charge in [-0.25, -0.2) is 4.79 Å². The molecule has 24 heavy (non-hydrogen) atoms. The molecule has 2 aliphatic heterocycles. The van der Waals surface area contributed by atoms with E-state index in [-0.39, 0.29) is 29.8 Å². The number of hydrogen-bond acceptors (Lipinski definition) is 3. The maximum absolute atomic E-state index is 12.4. The lowest BCUT2D eigenvalue weighted by Crippen LogP contribution is -2.51. The van der Waals surface area contributed by atoms with Gasteiger partial charge in [-0.1, -0.05) is 19.3 Å². The van der Waals surface area contributed by atoms with Crippen LogP contribution in [-0.4, -0.2) is 54.5 Å². The molecule has 7 nitrogen and oxygen atoms in total. The molecular weight excluding hydrogens is 308 g/mol. The van der Waals surface area contributed by atoms with Crippen molar-refractivity contribution >= 4 is 17.8 Å². The fraction of sp³-hybridized carbons (Fsp3) is 0.824. The summed E-state index contributed by atoms with van der Waals surface area (Å²) in [6.07, 6.45) is 7.68. The van der Waals surface area contributed by atoms with Crippen LogP contribution in [0.4, 0.5) is 4.79 Å². The molecule has 0 bridgehead atoms. The molecule has 0 aromatic carbocycles. The Labute approximate surface area is 142 Å². The smallest absolute Gasteiger partial charge is 0.315 e. The van der Waals surface area contributed by atoms with Crippen LogP contribution in [-0.2, 0) is 9.59 Å². The maximum atomic E-state index is 12.4. The van der Waals surface area contributed by atoms with Crippen molar-refractivity contribution in [1.29, 1.82) is 0 Å². The Morgan fingerprint density at radius 1 is 0.958 bits per heavy atom. The van der Waals surface area contributed by atoms with Crippen LogP contribution in [0.25, 0.3) is 0 Å². The number of hydrogen-bond donors (Lipinski definition) is 3. The van der Waals surface area contributed by atoms with Crippen molar-refractivity contribution in [2.45, 2.75) is 63.5 Å². The third-order valence-corrected chi connectivity index (χ3v) is 5.41. The number of rotatable bonds is 3. The van der Waals surface area contributed by atoms with Gasteiger partial charge in [-0.3, -0.25) is 9.59 Å². The van der Waals surface area contributed by atoms with E-state index < -0.39 is 0 Å². The second-order valence-corrected chi connectivity index (χ2v) is 7.26. The molecular formula is C17H28N4O3. The predicted octanol–water partition coefficient (Wildman–Crippen LogP) is 0.745. The van der Waals surface area contributed by atoms with Gasteiger partial charge >= 0.3 is 6.03 Å². The van der Waals surface area contributed by atoms with E-state index in [0.717, 1.165) is 25.7 Å². The van der Waals surface area contributed by atoms with Gasteiger partial charge in [-0.05, 0) is 25.7 Å². The minimum atomic E-state index is -0.211. The first-order valence-electron chi connectivity index (χ1n) is 9.24. The zero-order valence-electron chi connectivity index (χ0n) is 14.2. The van der Waals surface area contributed by atoms with Crippen LogP contribution >= 0.6 is 0 Å². The van der Waals surface area contributed by atoms with Crippen LogP contribution in [0.15, 0.2) is 0 Å². The maximum Gasteiger partial charge on any atom is 0.315 e. The summed E-state index contributed by atoms with van der Waals surface area (Å²) in [5.41, 5.74) is 0. The van der Waals surface area contributed by atoms with Crippen molar-refractivity contribution in [3.05, 3.63) is 0 Å². The molecule has 7 heteroatoms. The van der Waals surface area contributed by atoms with Crippen LogP contribution in [0.1, 0.15) is 51.4 Å². The first-order valence-corrected chi connectivity index (χ1v) is 9.24. The van der Waals surface area contributed by atoms with E-state index in [0.29, 0.717) is 32.1 Å². The van der Waals surface area contributed by atoms with Crippen molar-refractivity contribution in [2.24, 2.45) is 5.92 Å². The summed E-state index contributed by atoms with van der Waals surface area (Å²) in [6.45, 7) is 1.76. The first kappa shape index (κ1) is 17.0. The van der Waals surface area contributed by atoms with Gasteiger partial charge in [-0.2, -0.15) is 0 Å². The second kappa shape index (κ2) is 7.85. The fourth-order valence-electron chi connectivity index (χ4n) is 3.94. The third-order valence-electron chi connectivity index (χ3n) is 5.41. The highest BCUT2D eigenvalue weighted by Crippen LogP contribution is 2.19. The van der Waals surface area contributed by atoms with Gasteiger partial charge in [0.15, 0.2) is 0 Å². The van der Waals surface area contributed by atoms with Gasteiger partial charge in [0.1, 0.15) is 0 Å². The molecule has 2 saturated heterocycles. The molecule has 134 valence electrons. The molecule has 3 aliphatic rings. The Bertz CT molecular complexity index is 482. The molecule has 1 aliphatic carbocycles. The van der Waals surface area contributed by atoms with E-state index in [1.165, 1.54) is 19.3 Å². The Balaban J connectivity index is 1.37. The van der Waals surface area contributed by atoms with E-state index in [1.807, 2.05) is 4.90 Å². The summed E-state index contributed by atoms with van der Waals surface area (Å²) in [5, 5.41) is 8.83. The van der Waals surface area contributed by atoms with E-state index in [1.54, 1.807) is 0 Å². The Hall–Kier alpha value is -1.79. The van der Waals surface area contributed by atoms with Gasteiger partial charge in [0.05, 0.1) is 5.92 Å². The summed E-state index contributed by atoms with van der Waals surface area (Å²) in [4.78, 5) is 37.5. The van der Waals surface area contributed by atoms with E-state index in [4.69, 9.17) is 0 Å². The van der Waals surface area contributed by atoms with Crippen molar-refractivity contribution in [2.75, 3.05) is 19.6 Å². The van der Waals surface area contributed by atoms with Crippen LogP contribution in [0.5, 0.6) is 0 Å². The van der Waals surface area contributed by atoms with Gasteiger partial charge in [-0.15, -0.1) is 0 Å². The molecule has 3 fully saturated rings. The number of nitrogens with zero attached hydrogens (tertiary/aromatic N) is 1. The minimum Gasteiger partial charge on any atom is -0.355 e. The molecule has 3 rings (SSSR count). The molecule has 0 aromatic rings. The minimum absolute atomic E-state index is 0.0377. The molecule has 0 spiro atoms. The van der Waals surface area contributed by atoms with Crippen LogP contribution in [0, 0.1) is 5.92 Å². The van der Waals surface area contributed by atoms with E-state index in [2.05, 4.69) is 16.0 Å². The highest BCUT2D eigenvalue weighted by atomic mass is 16.2. The second-order valence-electron chi connectivity index (χ2n) is 7.26. The zero-order chi connectivity index (χ0) is 16.9. The molecule has 1 atom stereocenters. The number of urea groups is 1. The van der Waals surface area contributed by atoms with Crippen molar-refractivity contribution in [3.8, 4) is 0 Å². The highest BCUT2D eigenvalue weighted by Gasteiger charge is 2.33. The molecule has 1 unspecified atom stereocenters. The number of carbonyl (C=O) groups is 3. The summed E-state index contributed by atoms with van der Waals surface area (Å²) in [5.74, 6) is -0.181. The lowest BCUT2D eigenvalue weighted by atomic mass is 9.96. The number of nitrogens with one attached hydrogen (secondary N) is 3. The summed E-state index contributed by atoms with van der Waals surface area (Å²) >= 11 is 0. The average Bonchev–Trinajstić information content (AvgIpc) is 3.02. The summed E-state index contributed by atoms with van der Waals surface area (Å²) in [6, 6.07) is 0.367. The third kappa shape index (κ3) is 4.39. The Morgan fingerprint density at radius 2 is 1.58 bits per heavy atom. The lowest BCUT2D eigenvalue weighted by Gasteiger charge is -2.34. The molecule has 0 aromatic heterocycles. The average molecular weight is 336 g/mol. The topological polar surface area (TPSA) is 90.5 Å². The van der Waals surface area contributed by atoms with Gasteiger partial charge in [0.25, 0.3) is 0 Å². The van der Waals surface area contributed by atoms with Crippen molar-refractivity contribution < 1.29 is 14.4 Å². The Morgan fingerprint density at radius 3 is 2.17 bits per heavy atom. The Kier molecular flexibility index (Phi) is 5.58. The molecule has 1 saturated carbocycles. The molecule has 0 radical (unpaired) electrons. The lowest BCUT2D eigenvalue weighted by molar-refractivity contribution is -0.136. The highest BCUT2D eigenvalue weighted by molar-refractivity contribution is 5.89. The van der Waals surface area contributed by atoms with E-state index in [9.17, 15) is 14.4 Å². The van der Waals surface area contributed by atoms with Crippen molar-refractivity contribution in [1.82, 2.24) is 20.9 Å². The van der Waals surface area contributed by atoms with Crippen molar-refractivity contribution in [3.63, 3.8) is 0 Å². The largest absolute Gasteiger partial charge is 0.355 e. The monoisotopic (exact) mass is 336 g/mol. The fourth-order valence-corrected chi connectivity index (χ4v) is 3.94. The van der Waals surface area contributed by atoms with Crippen LogP contribution in [0.3, 0.4) is 0 Å². The molecule has 2 heterocycles. The van der Waals surface area contributed by atoms with E-state index >= 15 is 0 Å². The normalized spacial score (nSPS) is 26.1. The number of likely N-dealkylation sites (tertiary alicyclic amines) is 1. The predicted molar refractivity (Wildman–Crippen MR) is 89.3 cm³/mol. The number of amides is 4. The van der Waals surface area contributed by atoms with Gasteiger partial charge in [0, 0.05) is 38.1 Å². The van der Waals surface area contributed by atoms with Crippen LogP contribution in [0.2, 0.25) is 0 Å². The zero-order valence-corrected chi connectivity index (χ0v) is 14.2. The first-order chi connectivity index (χ1) is 11.6. The quantitative estimate of drug-likeness (QED) is 0.710. The standard InChI is InChI=1S/C17H28N4O3/c22-15-10-12(11-18-15)16(23)21-8-6-14(7-9-21)20-17(24)19-13-4-2-1-3-5-13/h12-14H,1-11H2,(H,18,22)(H2,19,20,24). The van der Waals surface area contributed by atoms with Gasteiger partial charge in [0.2, 0.25) is 11.8 Å². The summed E-state index contributed by atoms with van der Waals surface area (Å²) < 4.78 is 0. The number of carbonyl (C=O) groups excluding carboxylic acids is 3.